The minimum Gasteiger partial charge on any atom is -0.348 e. The third-order valence-corrected chi connectivity index (χ3v) is 3.42. The summed E-state index contributed by atoms with van der Waals surface area (Å²) in [7, 11) is 0. The number of rotatable bonds is 4. The van der Waals surface area contributed by atoms with Gasteiger partial charge in [0.15, 0.2) is 0 Å². The third kappa shape index (κ3) is 3.25. The van der Waals surface area contributed by atoms with Gasteiger partial charge in [0.2, 0.25) is 0 Å². The summed E-state index contributed by atoms with van der Waals surface area (Å²) in [5.41, 5.74) is 10.5. The fourth-order valence-corrected chi connectivity index (χ4v) is 2.24. The van der Waals surface area contributed by atoms with Crippen molar-refractivity contribution in [2.24, 2.45) is 5.73 Å². The lowest BCUT2D eigenvalue weighted by Crippen LogP contribution is -2.24. The van der Waals surface area contributed by atoms with Crippen LogP contribution in [0.5, 0.6) is 0 Å². The molecule has 3 heteroatoms. The topological polar surface area (TPSA) is 55.1 Å². The zero-order valence-corrected chi connectivity index (χ0v) is 11.9. The fourth-order valence-electron chi connectivity index (χ4n) is 2.24. The number of aryl methyl sites for hydroxylation is 2. The van der Waals surface area contributed by atoms with Crippen molar-refractivity contribution in [1.29, 1.82) is 0 Å². The van der Waals surface area contributed by atoms with Crippen molar-refractivity contribution in [3.8, 4) is 0 Å². The minimum absolute atomic E-state index is 0.0245. The molecule has 0 fully saturated rings. The van der Waals surface area contributed by atoms with Gasteiger partial charge in [0, 0.05) is 18.7 Å². The zero-order valence-electron chi connectivity index (χ0n) is 11.9. The molecule has 0 saturated heterocycles. The molecule has 3 N–H and O–H groups in total. The smallest absolute Gasteiger partial charge is 0.252 e. The summed E-state index contributed by atoms with van der Waals surface area (Å²) < 4.78 is 0. The summed E-state index contributed by atoms with van der Waals surface area (Å²) in [6.45, 7) is 4.97. The zero-order chi connectivity index (χ0) is 14.5. The molecule has 2 aromatic rings. The number of hydrogen-bond donors (Lipinski definition) is 2. The van der Waals surface area contributed by atoms with Gasteiger partial charge in [0.25, 0.3) is 5.91 Å². The maximum Gasteiger partial charge on any atom is 0.252 e. The Kier molecular flexibility index (Phi) is 4.53. The number of carbonyl (C=O) groups excluding carboxylic acids is 1. The molecule has 1 amide bonds. The summed E-state index contributed by atoms with van der Waals surface area (Å²) in [5.74, 6) is -0.0245. The van der Waals surface area contributed by atoms with Crippen LogP contribution in [0.3, 0.4) is 0 Å². The number of nitrogens with two attached hydrogens (primary N) is 1. The van der Waals surface area contributed by atoms with Gasteiger partial charge >= 0.3 is 0 Å². The average molecular weight is 268 g/mol. The predicted octanol–water partition coefficient (Wildman–Crippen LogP) is 2.69. The van der Waals surface area contributed by atoms with Crippen LogP contribution in [0.15, 0.2) is 42.5 Å². The molecule has 0 radical (unpaired) electrons. The van der Waals surface area contributed by atoms with E-state index in [1.165, 1.54) is 0 Å². The second-order valence-corrected chi connectivity index (χ2v) is 4.97. The summed E-state index contributed by atoms with van der Waals surface area (Å²) >= 11 is 0. The van der Waals surface area contributed by atoms with E-state index in [2.05, 4.69) is 5.32 Å². The van der Waals surface area contributed by atoms with Crippen molar-refractivity contribution < 1.29 is 4.79 Å². The van der Waals surface area contributed by atoms with Crippen LogP contribution < -0.4 is 11.1 Å². The lowest BCUT2D eigenvalue weighted by molar-refractivity contribution is 0.0949. The van der Waals surface area contributed by atoms with Crippen LogP contribution >= 0.6 is 0 Å². The molecule has 20 heavy (non-hydrogen) atoms. The highest BCUT2D eigenvalue weighted by molar-refractivity contribution is 5.96. The Labute approximate surface area is 119 Å². The van der Waals surface area contributed by atoms with Crippen molar-refractivity contribution in [1.82, 2.24) is 5.32 Å². The number of benzene rings is 2. The summed E-state index contributed by atoms with van der Waals surface area (Å²) in [6.07, 6.45) is 0. The van der Waals surface area contributed by atoms with Crippen LogP contribution in [-0.2, 0) is 13.1 Å². The van der Waals surface area contributed by atoms with Crippen LogP contribution in [-0.4, -0.2) is 5.91 Å². The maximum absolute atomic E-state index is 12.3. The van der Waals surface area contributed by atoms with E-state index in [4.69, 9.17) is 5.73 Å². The molecular weight excluding hydrogens is 248 g/mol. The van der Waals surface area contributed by atoms with Gasteiger partial charge in [0.05, 0.1) is 0 Å². The lowest BCUT2D eigenvalue weighted by Gasteiger charge is -2.10. The van der Waals surface area contributed by atoms with E-state index in [1.54, 1.807) is 0 Å². The fraction of sp³-hybridized carbons (Fsp3) is 0.235. The Balaban J connectivity index is 2.05. The molecule has 0 unspecified atom stereocenters. The first-order chi connectivity index (χ1) is 9.61. The standard InChI is InChI=1S/C17H20N2O/c1-12-4-3-5-13(2)16(12)17(20)19-11-15-8-6-14(10-18)7-9-15/h3-9H,10-11,18H2,1-2H3,(H,19,20). The molecule has 0 saturated carbocycles. The van der Waals surface area contributed by atoms with Gasteiger partial charge in [-0.2, -0.15) is 0 Å². The predicted molar refractivity (Wildman–Crippen MR) is 81.4 cm³/mol. The first-order valence-electron chi connectivity index (χ1n) is 6.74. The quantitative estimate of drug-likeness (QED) is 0.895. The molecular formula is C17H20N2O. The second-order valence-electron chi connectivity index (χ2n) is 4.97. The first-order valence-corrected chi connectivity index (χ1v) is 6.74. The highest BCUT2D eigenvalue weighted by atomic mass is 16.1. The Bertz CT molecular complexity index is 583. The van der Waals surface area contributed by atoms with Gasteiger partial charge in [-0.3, -0.25) is 4.79 Å². The lowest BCUT2D eigenvalue weighted by atomic mass is 10.0. The van der Waals surface area contributed by atoms with Crippen LogP contribution in [0.25, 0.3) is 0 Å². The Morgan fingerprint density at radius 1 is 1.00 bits per heavy atom. The van der Waals surface area contributed by atoms with Crippen molar-refractivity contribution in [2.45, 2.75) is 26.9 Å². The van der Waals surface area contributed by atoms with E-state index < -0.39 is 0 Å². The van der Waals surface area contributed by atoms with Gasteiger partial charge in [0.1, 0.15) is 0 Å². The third-order valence-electron chi connectivity index (χ3n) is 3.42. The largest absolute Gasteiger partial charge is 0.348 e. The van der Waals surface area contributed by atoms with E-state index >= 15 is 0 Å². The molecule has 2 aromatic carbocycles. The van der Waals surface area contributed by atoms with Gasteiger partial charge in [-0.1, -0.05) is 42.5 Å². The molecule has 104 valence electrons. The molecule has 0 aliphatic carbocycles. The van der Waals surface area contributed by atoms with Crippen LogP contribution in [0.1, 0.15) is 32.6 Å². The number of carbonyl (C=O) groups is 1. The van der Waals surface area contributed by atoms with E-state index in [0.29, 0.717) is 13.1 Å². The summed E-state index contributed by atoms with van der Waals surface area (Å²) in [4.78, 5) is 12.3. The Hall–Kier alpha value is -2.13. The van der Waals surface area contributed by atoms with Crippen LogP contribution in [0, 0.1) is 13.8 Å². The normalized spacial score (nSPS) is 10.3. The number of amides is 1. The van der Waals surface area contributed by atoms with Gasteiger partial charge in [-0.05, 0) is 36.1 Å². The maximum atomic E-state index is 12.3. The minimum atomic E-state index is -0.0245. The van der Waals surface area contributed by atoms with Crippen LogP contribution in [0.2, 0.25) is 0 Å². The van der Waals surface area contributed by atoms with E-state index in [9.17, 15) is 4.79 Å². The van der Waals surface area contributed by atoms with E-state index in [-0.39, 0.29) is 5.91 Å². The monoisotopic (exact) mass is 268 g/mol. The Morgan fingerprint density at radius 2 is 1.55 bits per heavy atom. The molecule has 0 aliphatic rings. The molecule has 0 atom stereocenters. The molecule has 0 heterocycles. The highest BCUT2D eigenvalue weighted by Gasteiger charge is 2.11. The van der Waals surface area contributed by atoms with Crippen molar-refractivity contribution >= 4 is 5.91 Å². The number of hydrogen-bond acceptors (Lipinski definition) is 2. The van der Waals surface area contributed by atoms with E-state index in [0.717, 1.165) is 27.8 Å². The molecule has 0 bridgehead atoms. The molecule has 0 spiro atoms. The molecule has 3 nitrogen and oxygen atoms in total. The van der Waals surface area contributed by atoms with Crippen molar-refractivity contribution in [2.75, 3.05) is 0 Å². The van der Waals surface area contributed by atoms with Crippen LogP contribution in [0.4, 0.5) is 0 Å². The van der Waals surface area contributed by atoms with Crippen molar-refractivity contribution in [3.05, 3.63) is 70.3 Å². The Morgan fingerprint density at radius 3 is 2.10 bits per heavy atom. The highest BCUT2D eigenvalue weighted by Crippen LogP contribution is 2.13. The van der Waals surface area contributed by atoms with E-state index in [1.807, 2.05) is 56.3 Å². The molecule has 0 aromatic heterocycles. The number of nitrogens with one attached hydrogen (secondary N) is 1. The van der Waals surface area contributed by atoms with Crippen molar-refractivity contribution in [3.63, 3.8) is 0 Å². The second kappa shape index (κ2) is 6.35. The molecule has 2 rings (SSSR count). The van der Waals surface area contributed by atoms with Gasteiger partial charge in [-0.15, -0.1) is 0 Å². The first kappa shape index (κ1) is 14.3. The van der Waals surface area contributed by atoms with Gasteiger partial charge in [-0.25, -0.2) is 0 Å². The SMILES string of the molecule is Cc1cccc(C)c1C(=O)NCc1ccc(CN)cc1. The summed E-state index contributed by atoms with van der Waals surface area (Å²) in [5, 5.41) is 2.96. The summed E-state index contributed by atoms with van der Waals surface area (Å²) in [6, 6.07) is 13.8. The van der Waals surface area contributed by atoms with Gasteiger partial charge < -0.3 is 11.1 Å². The molecule has 0 aliphatic heterocycles. The average Bonchev–Trinajstić information content (AvgIpc) is 2.45.